The summed E-state index contributed by atoms with van der Waals surface area (Å²) in [6.07, 6.45) is 1.63. The van der Waals surface area contributed by atoms with Crippen molar-refractivity contribution in [3.05, 3.63) is 41.2 Å². The number of amides is 2. The van der Waals surface area contributed by atoms with E-state index in [0.717, 1.165) is 28.6 Å². The summed E-state index contributed by atoms with van der Waals surface area (Å²) < 4.78 is 40.3. The maximum atomic E-state index is 15.1. The Morgan fingerprint density at radius 3 is 2.41 bits per heavy atom. The summed E-state index contributed by atoms with van der Waals surface area (Å²) in [7, 11) is 2.53. The summed E-state index contributed by atoms with van der Waals surface area (Å²) in [4.78, 5) is 23.7. The van der Waals surface area contributed by atoms with Crippen molar-refractivity contribution < 1.29 is 23.0 Å². The number of hydrogen-bond donors (Lipinski definition) is 2. The number of nitrogens with one attached hydrogen (secondary N) is 2. The number of aromatic nitrogens is 2. The first kappa shape index (κ1) is 21.8. The second-order valence-electron chi connectivity index (χ2n) is 7.34. The third kappa shape index (κ3) is 3.40. The van der Waals surface area contributed by atoms with Gasteiger partial charge in [-0.15, -0.1) is 0 Å². The van der Waals surface area contributed by atoms with E-state index >= 15 is 8.78 Å². The molecule has 2 N–H and O–H groups in total. The summed E-state index contributed by atoms with van der Waals surface area (Å²) in [6.45, 7) is 5.53. The van der Waals surface area contributed by atoms with Crippen LogP contribution in [0, 0.1) is 11.6 Å². The third-order valence-electron chi connectivity index (χ3n) is 5.52. The van der Waals surface area contributed by atoms with Crippen molar-refractivity contribution in [2.45, 2.75) is 26.9 Å². The molecule has 2 aromatic heterocycles. The standard InChI is InChI=1S/C22H25F2N5O3/c1-5-25-10-13-7-14-19-12(9-26-21(14)27-13)11-29(22(30)28(19)6-2)20-17(23)15(31-3)8-16(32-4)18(20)24/h7-9,25H,5-6,10-11H2,1-4H3,(H,26,27). The summed E-state index contributed by atoms with van der Waals surface area (Å²) in [5.41, 5.74) is 2.43. The lowest BCUT2D eigenvalue weighted by molar-refractivity contribution is 0.249. The molecule has 8 nitrogen and oxygen atoms in total. The Kier molecular flexibility index (Phi) is 5.88. The van der Waals surface area contributed by atoms with E-state index in [4.69, 9.17) is 9.47 Å². The smallest absolute Gasteiger partial charge is 0.329 e. The normalized spacial score (nSPS) is 13.6. The molecule has 4 rings (SSSR count). The van der Waals surface area contributed by atoms with E-state index in [9.17, 15) is 4.79 Å². The van der Waals surface area contributed by atoms with E-state index < -0.39 is 23.4 Å². The van der Waals surface area contributed by atoms with Crippen LogP contribution in [0.25, 0.3) is 11.0 Å². The highest BCUT2D eigenvalue weighted by Gasteiger charge is 2.37. The summed E-state index contributed by atoms with van der Waals surface area (Å²) in [5, 5.41) is 4.03. The lowest BCUT2D eigenvalue weighted by Crippen LogP contribution is -2.48. The minimum atomic E-state index is -0.970. The highest BCUT2D eigenvalue weighted by molar-refractivity contribution is 6.11. The first-order chi connectivity index (χ1) is 15.4. The van der Waals surface area contributed by atoms with Gasteiger partial charge in [-0.2, -0.15) is 0 Å². The molecule has 0 radical (unpaired) electrons. The molecule has 0 fully saturated rings. The number of fused-ring (bicyclic) bond motifs is 3. The van der Waals surface area contributed by atoms with Crippen LogP contribution in [-0.2, 0) is 13.1 Å². The van der Waals surface area contributed by atoms with Gasteiger partial charge in [0.25, 0.3) is 0 Å². The van der Waals surface area contributed by atoms with E-state index in [1.807, 2.05) is 19.9 Å². The number of H-pyrrole nitrogens is 1. The van der Waals surface area contributed by atoms with Gasteiger partial charge in [0, 0.05) is 42.0 Å². The average molecular weight is 445 g/mol. The number of carbonyl (C=O) groups excluding carboxylic acids is 1. The molecule has 0 unspecified atom stereocenters. The van der Waals surface area contributed by atoms with Crippen molar-refractivity contribution in [3.8, 4) is 11.5 Å². The van der Waals surface area contributed by atoms with Crippen LogP contribution in [-0.4, -0.2) is 43.3 Å². The molecule has 1 aliphatic heterocycles. The molecule has 0 atom stereocenters. The molecule has 0 saturated carbocycles. The van der Waals surface area contributed by atoms with Crippen LogP contribution < -0.4 is 24.6 Å². The molecule has 2 amide bonds. The van der Waals surface area contributed by atoms with Crippen molar-refractivity contribution in [2.24, 2.45) is 0 Å². The fourth-order valence-electron chi connectivity index (χ4n) is 4.00. The van der Waals surface area contributed by atoms with Crippen molar-refractivity contribution in [1.82, 2.24) is 15.3 Å². The van der Waals surface area contributed by atoms with Crippen LogP contribution in [0.5, 0.6) is 11.5 Å². The lowest BCUT2D eigenvalue weighted by atomic mass is 10.1. The molecule has 0 spiro atoms. The van der Waals surface area contributed by atoms with E-state index in [1.165, 1.54) is 19.1 Å². The van der Waals surface area contributed by atoms with E-state index in [-0.39, 0.29) is 18.0 Å². The van der Waals surface area contributed by atoms with Gasteiger partial charge in [-0.25, -0.2) is 18.6 Å². The number of anilines is 2. The lowest BCUT2D eigenvalue weighted by Gasteiger charge is -2.37. The van der Waals surface area contributed by atoms with Gasteiger partial charge in [0.15, 0.2) is 23.1 Å². The van der Waals surface area contributed by atoms with Crippen molar-refractivity contribution in [1.29, 1.82) is 0 Å². The molecular formula is C22H25F2N5O3. The first-order valence-corrected chi connectivity index (χ1v) is 10.3. The number of methoxy groups -OCH3 is 2. The van der Waals surface area contributed by atoms with Gasteiger partial charge in [-0.3, -0.25) is 9.80 Å². The van der Waals surface area contributed by atoms with Gasteiger partial charge < -0.3 is 19.8 Å². The maximum absolute atomic E-state index is 15.1. The SMILES string of the molecule is CCNCc1cc2c3c(cnc2[nH]1)CN(c1c(F)c(OC)cc(OC)c1F)C(=O)N3CC. The number of nitrogens with zero attached hydrogens (tertiary/aromatic N) is 3. The monoisotopic (exact) mass is 445 g/mol. The highest BCUT2D eigenvalue weighted by Crippen LogP contribution is 2.42. The number of rotatable bonds is 7. The van der Waals surface area contributed by atoms with E-state index in [1.54, 1.807) is 6.20 Å². The predicted molar refractivity (Wildman–Crippen MR) is 118 cm³/mol. The van der Waals surface area contributed by atoms with Gasteiger partial charge in [0.05, 0.1) is 26.5 Å². The quantitative estimate of drug-likeness (QED) is 0.576. The third-order valence-corrected chi connectivity index (χ3v) is 5.52. The zero-order chi connectivity index (χ0) is 23.0. The summed E-state index contributed by atoms with van der Waals surface area (Å²) >= 11 is 0. The van der Waals surface area contributed by atoms with Gasteiger partial charge in [0.2, 0.25) is 0 Å². The van der Waals surface area contributed by atoms with Crippen LogP contribution >= 0.6 is 0 Å². The van der Waals surface area contributed by atoms with Gasteiger partial charge in [-0.1, -0.05) is 6.92 Å². The second kappa shape index (κ2) is 8.62. The Bertz CT molecular complexity index is 1150. The highest BCUT2D eigenvalue weighted by atomic mass is 19.1. The number of aromatic amines is 1. The average Bonchev–Trinajstić information content (AvgIpc) is 3.21. The molecule has 1 aliphatic rings. The van der Waals surface area contributed by atoms with Crippen LogP contribution in [0.4, 0.5) is 25.0 Å². The van der Waals surface area contributed by atoms with Gasteiger partial charge >= 0.3 is 6.03 Å². The van der Waals surface area contributed by atoms with Crippen molar-refractivity contribution in [3.63, 3.8) is 0 Å². The molecule has 10 heteroatoms. The summed E-state index contributed by atoms with van der Waals surface area (Å²) in [5.74, 6) is -2.37. The maximum Gasteiger partial charge on any atom is 0.329 e. The molecule has 170 valence electrons. The van der Waals surface area contributed by atoms with Gasteiger partial charge in [0.1, 0.15) is 11.3 Å². The van der Waals surface area contributed by atoms with Crippen LogP contribution in [0.1, 0.15) is 25.1 Å². The number of hydrogen-bond acceptors (Lipinski definition) is 5. The molecule has 0 aliphatic carbocycles. The number of halogens is 2. The Morgan fingerprint density at radius 1 is 1.12 bits per heavy atom. The fourth-order valence-corrected chi connectivity index (χ4v) is 4.00. The number of pyridine rings is 1. The molecule has 0 saturated heterocycles. The Labute approximate surface area is 184 Å². The topological polar surface area (TPSA) is 82.7 Å². The zero-order valence-electron chi connectivity index (χ0n) is 18.4. The minimum absolute atomic E-state index is 0.0501. The predicted octanol–water partition coefficient (Wildman–Crippen LogP) is 3.93. The Morgan fingerprint density at radius 2 is 1.81 bits per heavy atom. The molecule has 3 heterocycles. The minimum Gasteiger partial charge on any atom is -0.493 e. The molecule has 0 bridgehead atoms. The van der Waals surface area contributed by atoms with Crippen LogP contribution in [0.3, 0.4) is 0 Å². The Balaban J connectivity index is 1.86. The van der Waals surface area contributed by atoms with Crippen molar-refractivity contribution >= 4 is 28.4 Å². The number of ether oxygens (including phenoxy) is 2. The Hall–Kier alpha value is -3.40. The molecule has 32 heavy (non-hydrogen) atoms. The number of benzene rings is 1. The molecular weight excluding hydrogens is 420 g/mol. The number of urea groups is 1. The van der Waals surface area contributed by atoms with Gasteiger partial charge in [-0.05, 0) is 19.5 Å². The van der Waals surface area contributed by atoms with Crippen LogP contribution in [0.2, 0.25) is 0 Å². The fraction of sp³-hybridized carbons (Fsp3) is 0.364. The van der Waals surface area contributed by atoms with E-state index in [0.29, 0.717) is 30.0 Å². The van der Waals surface area contributed by atoms with Crippen molar-refractivity contribution in [2.75, 3.05) is 37.1 Å². The number of carbonyl (C=O) groups is 1. The largest absolute Gasteiger partial charge is 0.493 e. The summed E-state index contributed by atoms with van der Waals surface area (Å²) in [6, 6.07) is 2.52. The zero-order valence-corrected chi connectivity index (χ0v) is 18.4. The molecule has 1 aromatic carbocycles. The van der Waals surface area contributed by atoms with Crippen LogP contribution in [0.15, 0.2) is 18.3 Å². The molecule has 3 aromatic rings. The van der Waals surface area contributed by atoms with E-state index in [2.05, 4.69) is 15.3 Å². The first-order valence-electron chi connectivity index (χ1n) is 10.3. The second-order valence-corrected chi connectivity index (χ2v) is 7.34.